The van der Waals surface area contributed by atoms with Crippen molar-refractivity contribution in [3.63, 3.8) is 0 Å². The lowest BCUT2D eigenvalue weighted by Gasteiger charge is -1.93. The Labute approximate surface area is 84.2 Å². The molecule has 1 rings (SSSR count). The number of pyridine rings is 1. The number of rotatable bonds is 4. The van der Waals surface area contributed by atoms with Gasteiger partial charge < -0.3 is 4.84 Å². The summed E-state index contributed by atoms with van der Waals surface area (Å²) in [4.78, 5) is 8.82. The first-order chi connectivity index (χ1) is 5.93. The Hall–Kier alpha value is -1.09. The van der Waals surface area contributed by atoms with Crippen molar-refractivity contribution in [3.05, 3.63) is 30.1 Å². The van der Waals surface area contributed by atoms with E-state index in [1.807, 2.05) is 19.1 Å². The Morgan fingerprint density at radius 2 is 2.15 bits per heavy atom. The summed E-state index contributed by atoms with van der Waals surface area (Å²) in [6, 6.07) is 3.75. The highest BCUT2D eigenvalue weighted by molar-refractivity contribution is 5.85. The van der Waals surface area contributed by atoms with Gasteiger partial charge in [0.05, 0.1) is 6.21 Å². The van der Waals surface area contributed by atoms with Crippen molar-refractivity contribution in [1.82, 2.24) is 4.98 Å². The Bertz CT molecular complexity index is 239. The molecule has 1 aromatic rings. The van der Waals surface area contributed by atoms with Crippen molar-refractivity contribution in [2.45, 2.75) is 13.3 Å². The lowest BCUT2D eigenvalue weighted by molar-refractivity contribution is 0.146. The largest absolute Gasteiger partial charge is 0.396 e. The van der Waals surface area contributed by atoms with Crippen LogP contribution in [0.1, 0.15) is 18.9 Å². The van der Waals surface area contributed by atoms with Crippen LogP contribution in [0.25, 0.3) is 0 Å². The molecule has 0 aliphatic heterocycles. The molecule has 0 radical (unpaired) electrons. The van der Waals surface area contributed by atoms with E-state index >= 15 is 0 Å². The fraction of sp³-hybridized carbons (Fsp3) is 0.333. The van der Waals surface area contributed by atoms with Crippen LogP contribution < -0.4 is 0 Å². The Morgan fingerprint density at radius 1 is 1.46 bits per heavy atom. The summed E-state index contributed by atoms with van der Waals surface area (Å²) in [6.45, 7) is 2.71. The normalized spacial score (nSPS) is 9.62. The van der Waals surface area contributed by atoms with Gasteiger partial charge in [0.25, 0.3) is 0 Å². The minimum absolute atomic E-state index is 0. The second-order valence-electron chi connectivity index (χ2n) is 2.35. The summed E-state index contributed by atoms with van der Waals surface area (Å²) in [6.07, 6.45) is 6.10. The molecule has 0 N–H and O–H groups in total. The smallest absolute Gasteiger partial charge is 0.116 e. The molecule has 0 saturated carbocycles. The van der Waals surface area contributed by atoms with Crippen LogP contribution in [0.2, 0.25) is 0 Å². The molecule has 0 bridgehead atoms. The standard InChI is InChI=1S/C9H12N2O.ClH/c1-2-7-12-11-8-9-3-5-10-6-4-9;/h3-6,8H,2,7H2,1H3;1H/b11-8+;. The highest BCUT2D eigenvalue weighted by Gasteiger charge is 1.83. The molecule has 0 aliphatic carbocycles. The van der Waals surface area contributed by atoms with Crippen LogP contribution in [-0.2, 0) is 4.84 Å². The van der Waals surface area contributed by atoms with Gasteiger partial charge in [0, 0.05) is 12.4 Å². The third-order valence-corrected chi connectivity index (χ3v) is 1.28. The molecule has 0 spiro atoms. The fourth-order valence-electron chi connectivity index (χ4n) is 0.692. The van der Waals surface area contributed by atoms with E-state index < -0.39 is 0 Å². The second-order valence-corrected chi connectivity index (χ2v) is 2.35. The molecule has 0 atom stereocenters. The van der Waals surface area contributed by atoms with E-state index in [9.17, 15) is 0 Å². The SMILES string of the molecule is CCCO/N=C/c1ccncc1.Cl. The van der Waals surface area contributed by atoms with Crippen LogP contribution in [0.15, 0.2) is 29.7 Å². The van der Waals surface area contributed by atoms with E-state index in [0.717, 1.165) is 12.0 Å². The zero-order chi connectivity index (χ0) is 8.65. The molecule has 13 heavy (non-hydrogen) atoms. The molecule has 72 valence electrons. The number of halogens is 1. The first-order valence-electron chi connectivity index (χ1n) is 3.99. The average molecular weight is 201 g/mol. The van der Waals surface area contributed by atoms with Gasteiger partial charge in [0.1, 0.15) is 6.61 Å². The zero-order valence-electron chi connectivity index (χ0n) is 7.51. The molecular formula is C9H13ClN2O. The first-order valence-corrected chi connectivity index (χ1v) is 3.99. The average Bonchev–Trinajstić information content (AvgIpc) is 2.14. The second kappa shape index (κ2) is 7.55. The van der Waals surface area contributed by atoms with Gasteiger partial charge in [-0.3, -0.25) is 4.98 Å². The number of hydrogen-bond acceptors (Lipinski definition) is 3. The van der Waals surface area contributed by atoms with Gasteiger partial charge >= 0.3 is 0 Å². The van der Waals surface area contributed by atoms with Gasteiger partial charge in [-0.05, 0) is 24.1 Å². The first kappa shape index (κ1) is 11.9. The van der Waals surface area contributed by atoms with Gasteiger partial charge in [0.15, 0.2) is 0 Å². The predicted octanol–water partition coefficient (Wildman–Crippen LogP) is 2.26. The van der Waals surface area contributed by atoms with Crippen molar-refractivity contribution in [2.75, 3.05) is 6.61 Å². The minimum Gasteiger partial charge on any atom is -0.396 e. The van der Waals surface area contributed by atoms with Gasteiger partial charge in [-0.25, -0.2) is 0 Å². The number of hydrogen-bond donors (Lipinski definition) is 0. The summed E-state index contributed by atoms with van der Waals surface area (Å²) in [5.41, 5.74) is 1.00. The number of nitrogens with zero attached hydrogens (tertiary/aromatic N) is 2. The Balaban J connectivity index is 0.00000144. The lowest BCUT2D eigenvalue weighted by atomic mass is 10.3. The molecule has 1 aromatic heterocycles. The van der Waals surface area contributed by atoms with E-state index in [1.165, 1.54) is 0 Å². The maximum absolute atomic E-state index is 4.94. The van der Waals surface area contributed by atoms with Gasteiger partial charge in [-0.2, -0.15) is 0 Å². The van der Waals surface area contributed by atoms with Crippen LogP contribution in [0.3, 0.4) is 0 Å². The Morgan fingerprint density at radius 3 is 2.77 bits per heavy atom. The topological polar surface area (TPSA) is 34.5 Å². The quantitative estimate of drug-likeness (QED) is 0.425. The van der Waals surface area contributed by atoms with Crippen LogP contribution in [0.4, 0.5) is 0 Å². The summed E-state index contributed by atoms with van der Waals surface area (Å²) in [5.74, 6) is 0. The molecular weight excluding hydrogens is 188 g/mol. The highest BCUT2D eigenvalue weighted by atomic mass is 35.5. The molecule has 0 aliphatic rings. The summed E-state index contributed by atoms with van der Waals surface area (Å²) >= 11 is 0. The summed E-state index contributed by atoms with van der Waals surface area (Å²) < 4.78 is 0. The molecule has 0 saturated heterocycles. The predicted molar refractivity (Wildman–Crippen MR) is 55.3 cm³/mol. The van der Waals surface area contributed by atoms with E-state index in [0.29, 0.717) is 6.61 Å². The molecule has 0 fully saturated rings. The van der Waals surface area contributed by atoms with Gasteiger partial charge in [0.2, 0.25) is 0 Å². The van der Waals surface area contributed by atoms with Crippen molar-refractivity contribution in [3.8, 4) is 0 Å². The van der Waals surface area contributed by atoms with E-state index in [-0.39, 0.29) is 12.4 Å². The molecule has 0 unspecified atom stereocenters. The monoisotopic (exact) mass is 200 g/mol. The Kier molecular flexibility index (Phi) is 6.92. The summed E-state index contributed by atoms with van der Waals surface area (Å²) in [7, 11) is 0. The van der Waals surface area contributed by atoms with Crippen molar-refractivity contribution >= 4 is 18.6 Å². The molecule has 4 heteroatoms. The van der Waals surface area contributed by atoms with E-state index in [2.05, 4.69) is 10.1 Å². The molecule has 3 nitrogen and oxygen atoms in total. The van der Waals surface area contributed by atoms with Crippen molar-refractivity contribution < 1.29 is 4.84 Å². The molecule has 0 aromatic carbocycles. The minimum atomic E-state index is 0. The number of oxime groups is 1. The third kappa shape index (κ3) is 5.20. The van der Waals surface area contributed by atoms with Crippen LogP contribution >= 0.6 is 12.4 Å². The third-order valence-electron chi connectivity index (χ3n) is 1.28. The van der Waals surface area contributed by atoms with E-state index in [4.69, 9.17) is 4.84 Å². The zero-order valence-corrected chi connectivity index (χ0v) is 8.33. The summed E-state index contributed by atoms with van der Waals surface area (Å²) in [5, 5.41) is 3.78. The van der Waals surface area contributed by atoms with Crippen LogP contribution in [-0.4, -0.2) is 17.8 Å². The van der Waals surface area contributed by atoms with Crippen LogP contribution in [0.5, 0.6) is 0 Å². The maximum atomic E-state index is 4.94. The van der Waals surface area contributed by atoms with Gasteiger partial charge in [-0.1, -0.05) is 12.1 Å². The van der Waals surface area contributed by atoms with Crippen molar-refractivity contribution in [1.29, 1.82) is 0 Å². The fourth-order valence-corrected chi connectivity index (χ4v) is 0.692. The maximum Gasteiger partial charge on any atom is 0.116 e. The molecule has 1 heterocycles. The number of aromatic nitrogens is 1. The lowest BCUT2D eigenvalue weighted by Crippen LogP contribution is -1.86. The highest BCUT2D eigenvalue weighted by Crippen LogP contribution is 1.91. The van der Waals surface area contributed by atoms with Crippen LogP contribution in [0, 0.1) is 0 Å². The van der Waals surface area contributed by atoms with Gasteiger partial charge in [-0.15, -0.1) is 12.4 Å². The molecule has 0 amide bonds. The van der Waals surface area contributed by atoms with E-state index in [1.54, 1.807) is 18.6 Å². The van der Waals surface area contributed by atoms with Crippen molar-refractivity contribution in [2.24, 2.45) is 5.16 Å².